The van der Waals surface area contributed by atoms with E-state index in [2.05, 4.69) is 21.2 Å². The lowest BCUT2D eigenvalue weighted by Crippen LogP contribution is -2.49. The first-order valence-corrected chi connectivity index (χ1v) is 10.6. The van der Waals surface area contributed by atoms with E-state index < -0.39 is 0 Å². The van der Waals surface area contributed by atoms with E-state index in [1.54, 1.807) is 24.3 Å². The number of benzene rings is 1. The number of nitrogens with zero attached hydrogens (tertiary/aromatic N) is 4. The number of carbonyl (C=O) groups is 2. The second-order valence-corrected chi connectivity index (χ2v) is 8.12. The Labute approximate surface area is 175 Å². The van der Waals surface area contributed by atoms with Crippen molar-refractivity contribution >= 4 is 29.1 Å². The van der Waals surface area contributed by atoms with Crippen LogP contribution in [-0.2, 0) is 17.6 Å². The fourth-order valence-corrected chi connectivity index (χ4v) is 4.10. The molecule has 6 nitrogen and oxygen atoms in total. The molecule has 7 heteroatoms. The van der Waals surface area contributed by atoms with Crippen molar-refractivity contribution in [2.75, 3.05) is 31.1 Å². The molecule has 0 atom stereocenters. The normalized spacial score (nSPS) is 16.4. The number of aromatic nitrogens is 2. The van der Waals surface area contributed by atoms with Crippen LogP contribution in [0.2, 0.25) is 5.02 Å². The Morgan fingerprint density at radius 3 is 2.41 bits per heavy atom. The summed E-state index contributed by atoms with van der Waals surface area (Å²) in [7, 11) is 0. The number of fused-ring (bicyclic) bond motifs is 1. The number of aryl methyl sites for hydroxylation is 2. The van der Waals surface area contributed by atoms with Gasteiger partial charge in [0, 0.05) is 49.6 Å². The van der Waals surface area contributed by atoms with Crippen LogP contribution in [0.15, 0.2) is 30.3 Å². The molecular weight excluding hydrogens is 388 g/mol. The van der Waals surface area contributed by atoms with Crippen molar-refractivity contribution in [2.45, 2.75) is 38.5 Å². The fraction of sp³-hybridized carbons (Fsp3) is 0.455. The lowest BCUT2D eigenvalue weighted by atomic mass is 9.97. The minimum absolute atomic E-state index is 0.0296. The van der Waals surface area contributed by atoms with Gasteiger partial charge in [-0.1, -0.05) is 11.6 Å². The number of rotatable bonds is 5. The van der Waals surface area contributed by atoms with Crippen molar-refractivity contribution < 1.29 is 9.59 Å². The average Bonchev–Trinajstić information content (AvgIpc) is 2.77. The molecular formula is C22H25ClN4O2. The van der Waals surface area contributed by atoms with E-state index in [1.165, 1.54) is 18.4 Å². The van der Waals surface area contributed by atoms with Gasteiger partial charge < -0.3 is 9.80 Å². The molecule has 1 aliphatic heterocycles. The predicted octanol–water partition coefficient (Wildman–Crippen LogP) is 3.32. The third kappa shape index (κ3) is 4.75. The summed E-state index contributed by atoms with van der Waals surface area (Å²) in [5, 5.41) is 9.41. The summed E-state index contributed by atoms with van der Waals surface area (Å²) in [6, 6.07) is 8.96. The number of hydrogen-bond donors (Lipinski definition) is 0. The minimum Gasteiger partial charge on any atom is -0.352 e. The van der Waals surface area contributed by atoms with Gasteiger partial charge in [0.25, 0.3) is 0 Å². The Bertz CT molecular complexity index is 892. The quantitative estimate of drug-likeness (QED) is 0.705. The standard InChI is InChI=1S/C22H25ClN4O2/c23-18-7-5-16(6-8-18)20(28)9-10-22(29)27-13-11-26(12-14-27)21-15-17-3-1-2-4-19(17)24-25-21/h5-8,15H,1-4,9-14H2. The van der Waals surface area contributed by atoms with Gasteiger partial charge in [0.2, 0.25) is 5.91 Å². The van der Waals surface area contributed by atoms with E-state index in [-0.39, 0.29) is 24.5 Å². The Balaban J connectivity index is 1.27. The van der Waals surface area contributed by atoms with Gasteiger partial charge in [0.05, 0.1) is 5.69 Å². The average molecular weight is 413 g/mol. The number of Topliss-reactive ketones (excluding diaryl/α,β-unsaturated/α-hetero) is 1. The summed E-state index contributed by atoms with van der Waals surface area (Å²) >= 11 is 5.85. The lowest BCUT2D eigenvalue weighted by molar-refractivity contribution is -0.131. The largest absolute Gasteiger partial charge is 0.352 e. The number of anilines is 1. The van der Waals surface area contributed by atoms with E-state index in [9.17, 15) is 9.59 Å². The second-order valence-electron chi connectivity index (χ2n) is 7.68. The second kappa shape index (κ2) is 8.91. The first kappa shape index (κ1) is 19.8. The number of ketones is 1. The highest BCUT2D eigenvalue weighted by Gasteiger charge is 2.23. The van der Waals surface area contributed by atoms with Crippen LogP contribution in [0.4, 0.5) is 5.82 Å². The maximum atomic E-state index is 12.5. The van der Waals surface area contributed by atoms with Crippen molar-refractivity contribution in [3.63, 3.8) is 0 Å². The number of piperazine rings is 1. The molecule has 29 heavy (non-hydrogen) atoms. The predicted molar refractivity (Wildman–Crippen MR) is 112 cm³/mol. The molecule has 0 N–H and O–H groups in total. The summed E-state index contributed by atoms with van der Waals surface area (Å²) < 4.78 is 0. The van der Waals surface area contributed by atoms with Gasteiger partial charge in [-0.05, 0) is 61.6 Å². The molecule has 2 aromatic rings. The van der Waals surface area contributed by atoms with Gasteiger partial charge in [-0.2, -0.15) is 5.10 Å². The molecule has 1 amide bonds. The number of amides is 1. The van der Waals surface area contributed by atoms with Crippen molar-refractivity contribution in [3.8, 4) is 0 Å². The van der Waals surface area contributed by atoms with E-state index >= 15 is 0 Å². The number of halogens is 1. The monoisotopic (exact) mass is 412 g/mol. The van der Waals surface area contributed by atoms with Crippen molar-refractivity contribution in [1.29, 1.82) is 0 Å². The Morgan fingerprint density at radius 2 is 1.66 bits per heavy atom. The number of hydrogen-bond acceptors (Lipinski definition) is 5. The maximum Gasteiger partial charge on any atom is 0.223 e. The van der Waals surface area contributed by atoms with Crippen LogP contribution >= 0.6 is 11.6 Å². The van der Waals surface area contributed by atoms with E-state index in [0.717, 1.165) is 37.4 Å². The third-order valence-corrected chi connectivity index (χ3v) is 6.00. The van der Waals surface area contributed by atoms with Crippen LogP contribution in [0, 0.1) is 0 Å². The van der Waals surface area contributed by atoms with E-state index in [0.29, 0.717) is 23.7 Å². The smallest absolute Gasteiger partial charge is 0.223 e. The maximum absolute atomic E-state index is 12.5. The highest BCUT2D eigenvalue weighted by Crippen LogP contribution is 2.23. The minimum atomic E-state index is -0.0296. The lowest BCUT2D eigenvalue weighted by Gasteiger charge is -2.35. The molecule has 1 aromatic carbocycles. The molecule has 0 unspecified atom stereocenters. The molecule has 0 radical (unpaired) electrons. The molecule has 4 rings (SSSR count). The van der Waals surface area contributed by atoms with Crippen LogP contribution < -0.4 is 4.90 Å². The molecule has 2 heterocycles. The van der Waals surface area contributed by atoms with Crippen LogP contribution in [0.25, 0.3) is 0 Å². The molecule has 0 bridgehead atoms. The summed E-state index contributed by atoms with van der Waals surface area (Å²) in [6.45, 7) is 2.77. The molecule has 1 aromatic heterocycles. The van der Waals surface area contributed by atoms with Gasteiger partial charge in [0.1, 0.15) is 0 Å². The summed E-state index contributed by atoms with van der Waals surface area (Å²) in [5.41, 5.74) is 3.05. The van der Waals surface area contributed by atoms with Crippen LogP contribution in [0.1, 0.15) is 47.3 Å². The zero-order valence-electron chi connectivity index (χ0n) is 16.4. The van der Waals surface area contributed by atoms with Gasteiger partial charge in [-0.15, -0.1) is 5.10 Å². The van der Waals surface area contributed by atoms with Crippen molar-refractivity contribution in [3.05, 3.63) is 52.2 Å². The van der Waals surface area contributed by atoms with Crippen LogP contribution in [0.5, 0.6) is 0 Å². The molecule has 1 fully saturated rings. The summed E-state index contributed by atoms with van der Waals surface area (Å²) in [6.07, 6.45) is 4.98. The molecule has 152 valence electrons. The zero-order chi connectivity index (χ0) is 20.2. The highest BCUT2D eigenvalue weighted by molar-refractivity contribution is 6.30. The number of carbonyl (C=O) groups excluding carboxylic acids is 2. The first-order chi connectivity index (χ1) is 14.1. The highest BCUT2D eigenvalue weighted by atomic mass is 35.5. The molecule has 2 aliphatic rings. The molecule has 0 spiro atoms. The summed E-state index contributed by atoms with van der Waals surface area (Å²) in [5.74, 6) is 0.914. The first-order valence-electron chi connectivity index (χ1n) is 10.3. The van der Waals surface area contributed by atoms with Gasteiger partial charge in [0.15, 0.2) is 11.6 Å². The van der Waals surface area contributed by atoms with Gasteiger partial charge in [-0.25, -0.2) is 0 Å². The van der Waals surface area contributed by atoms with Gasteiger partial charge >= 0.3 is 0 Å². The third-order valence-electron chi connectivity index (χ3n) is 5.75. The molecule has 0 saturated carbocycles. The van der Waals surface area contributed by atoms with Crippen LogP contribution in [0.3, 0.4) is 0 Å². The molecule has 1 saturated heterocycles. The van der Waals surface area contributed by atoms with Gasteiger partial charge in [-0.3, -0.25) is 9.59 Å². The fourth-order valence-electron chi connectivity index (χ4n) is 3.98. The zero-order valence-corrected chi connectivity index (χ0v) is 17.2. The van der Waals surface area contributed by atoms with Crippen molar-refractivity contribution in [1.82, 2.24) is 15.1 Å². The Hall–Kier alpha value is -2.47. The SMILES string of the molecule is O=C(CCC(=O)N1CCN(c2cc3c(nn2)CCCC3)CC1)c1ccc(Cl)cc1. The Morgan fingerprint density at radius 1 is 0.931 bits per heavy atom. The van der Waals surface area contributed by atoms with Crippen LogP contribution in [-0.4, -0.2) is 53.0 Å². The van der Waals surface area contributed by atoms with E-state index in [1.807, 2.05) is 4.90 Å². The van der Waals surface area contributed by atoms with E-state index in [4.69, 9.17) is 11.6 Å². The molecule has 1 aliphatic carbocycles. The van der Waals surface area contributed by atoms with Crippen molar-refractivity contribution in [2.24, 2.45) is 0 Å². The topological polar surface area (TPSA) is 66.4 Å². The Kier molecular flexibility index (Phi) is 6.09. The summed E-state index contributed by atoms with van der Waals surface area (Å²) in [4.78, 5) is 28.8.